The molecule has 1 fully saturated rings. The van der Waals surface area contributed by atoms with Crippen LogP contribution in [0.25, 0.3) is 5.65 Å². The number of fused-ring (bicyclic) bond motifs is 1. The first kappa shape index (κ1) is 17.0. The third-order valence-electron chi connectivity index (χ3n) is 5.36. The number of amides is 1. The van der Waals surface area contributed by atoms with Gasteiger partial charge in [0.2, 0.25) is 5.91 Å². The highest BCUT2D eigenvalue weighted by atomic mass is 35.5. The Morgan fingerprint density at radius 3 is 2.62 bits per heavy atom. The first-order valence-electron chi connectivity index (χ1n) is 8.97. The van der Waals surface area contributed by atoms with E-state index in [9.17, 15) is 4.79 Å². The summed E-state index contributed by atoms with van der Waals surface area (Å²) in [5.74, 6) is 0.788. The van der Waals surface area contributed by atoms with Crippen molar-refractivity contribution in [3.05, 3.63) is 65.1 Å². The first-order chi connectivity index (χ1) is 12.6. The highest BCUT2D eigenvalue weighted by Crippen LogP contribution is 2.42. The van der Waals surface area contributed by atoms with Gasteiger partial charge in [-0.1, -0.05) is 42.6 Å². The standard InChI is InChI=1S/C20H21ClN4O/c1-14(18-24-23-17-6-2-5-13-25(17)18)22-19(26)20(11-3-4-12-20)15-7-9-16(21)10-8-15/h2,5-10,13-14H,3-4,11-12H2,1H3,(H,22,26). The summed E-state index contributed by atoms with van der Waals surface area (Å²) in [6, 6.07) is 13.2. The average Bonchev–Trinajstić information content (AvgIpc) is 3.30. The summed E-state index contributed by atoms with van der Waals surface area (Å²) >= 11 is 6.03. The van der Waals surface area contributed by atoms with Crippen molar-refractivity contribution in [2.45, 2.75) is 44.1 Å². The Morgan fingerprint density at radius 2 is 1.88 bits per heavy atom. The van der Waals surface area contributed by atoms with Crippen LogP contribution in [0.5, 0.6) is 0 Å². The summed E-state index contributed by atoms with van der Waals surface area (Å²) in [7, 11) is 0. The molecule has 0 spiro atoms. The number of aromatic nitrogens is 3. The van der Waals surface area contributed by atoms with Crippen LogP contribution in [0.15, 0.2) is 48.7 Å². The number of carbonyl (C=O) groups is 1. The topological polar surface area (TPSA) is 59.3 Å². The average molecular weight is 369 g/mol. The Morgan fingerprint density at radius 1 is 1.15 bits per heavy atom. The predicted octanol–water partition coefficient (Wildman–Crippen LogP) is 4.07. The first-order valence-corrected chi connectivity index (χ1v) is 9.35. The van der Waals surface area contributed by atoms with Gasteiger partial charge in [-0.3, -0.25) is 9.20 Å². The van der Waals surface area contributed by atoms with Gasteiger partial charge >= 0.3 is 0 Å². The number of halogens is 1. The lowest BCUT2D eigenvalue weighted by atomic mass is 9.78. The lowest BCUT2D eigenvalue weighted by Crippen LogP contribution is -2.43. The number of rotatable bonds is 4. The molecular weight excluding hydrogens is 348 g/mol. The Hall–Kier alpha value is -2.40. The van der Waals surface area contributed by atoms with Gasteiger partial charge in [0.15, 0.2) is 11.5 Å². The van der Waals surface area contributed by atoms with Crippen molar-refractivity contribution in [2.75, 3.05) is 0 Å². The van der Waals surface area contributed by atoms with Gasteiger partial charge < -0.3 is 5.32 Å². The van der Waals surface area contributed by atoms with Crippen molar-refractivity contribution < 1.29 is 4.79 Å². The predicted molar refractivity (Wildman–Crippen MR) is 101 cm³/mol. The summed E-state index contributed by atoms with van der Waals surface area (Å²) in [6.45, 7) is 1.95. The number of hydrogen-bond acceptors (Lipinski definition) is 3. The summed E-state index contributed by atoms with van der Waals surface area (Å²) in [4.78, 5) is 13.3. The second-order valence-electron chi connectivity index (χ2n) is 6.98. The molecule has 5 nitrogen and oxygen atoms in total. The van der Waals surface area contributed by atoms with Gasteiger partial charge in [-0.05, 0) is 49.6 Å². The van der Waals surface area contributed by atoms with Crippen LogP contribution in [-0.4, -0.2) is 20.5 Å². The lowest BCUT2D eigenvalue weighted by Gasteiger charge is -2.29. The molecule has 0 aliphatic heterocycles. The second kappa shape index (κ2) is 6.72. The molecule has 1 aliphatic carbocycles. The molecule has 2 heterocycles. The normalized spacial score (nSPS) is 17.3. The van der Waals surface area contributed by atoms with E-state index >= 15 is 0 Å². The molecule has 0 bridgehead atoms. The molecule has 2 aromatic heterocycles. The largest absolute Gasteiger partial charge is 0.346 e. The maximum atomic E-state index is 13.3. The van der Waals surface area contributed by atoms with Crippen LogP contribution in [0.2, 0.25) is 5.02 Å². The second-order valence-corrected chi connectivity index (χ2v) is 7.41. The number of benzene rings is 1. The van der Waals surface area contributed by atoms with Gasteiger partial charge in [0, 0.05) is 11.2 Å². The van der Waals surface area contributed by atoms with Crippen molar-refractivity contribution in [3.8, 4) is 0 Å². The molecule has 1 N–H and O–H groups in total. The number of nitrogens with zero attached hydrogens (tertiary/aromatic N) is 3. The highest BCUT2D eigenvalue weighted by molar-refractivity contribution is 6.30. The molecule has 6 heteroatoms. The minimum atomic E-state index is -0.487. The van der Waals surface area contributed by atoms with E-state index in [2.05, 4.69) is 15.5 Å². The SMILES string of the molecule is CC(NC(=O)C1(c2ccc(Cl)cc2)CCCC1)c1nnc2ccccn12. The highest BCUT2D eigenvalue weighted by Gasteiger charge is 2.43. The van der Waals surface area contributed by atoms with Crippen LogP contribution in [0, 0.1) is 0 Å². The number of nitrogens with one attached hydrogen (secondary N) is 1. The van der Waals surface area contributed by atoms with Gasteiger partial charge in [0.1, 0.15) is 0 Å². The van der Waals surface area contributed by atoms with Crippen LogP contribution in [0.3, 0.4) is 0 Å². The molecule has 1 amide bonds. The molecule has 1 aliphatic rings. The van der Waals surface area contributed by atoms with Crippen LogP contribution < -0.4 is 5.32 Å². The van der Waals surface area contributed by atoms with E-state index in [-0.39, 0.29) is 11.9 Å². The van der Waals surface area contributed by atoms with Gasteiger partial charge in [0.25, 0.3) is 0 Å². The zero-order valence-corrected chi connectivity index (χ0v) is 15.4. The maximum absolute atomic E-state index is 13.3. The molecule has 0 saturated heterocycles. The Balaban J connectivity index is 1.62. The van der Waals surface area contributed by atoms with Crippen molar-refractivity contribution >= 4 is 23.2 Å². The fourth-order valence-corrected chi connectivity index (χ4v) is 4.07. The molecule has 26 heavy (non-hydrogen) atoms. The van der Waals surface area contributed by atoms with E-state index in [0.29, 0.717) is 5.02 Å². The fourth-order valence-electron chi connectivity index (χ4n) is 3.95. The van der Waals surface area contributed by atoms with E-state index in [1.807, 2.05) is 60.0 Å². The minimum absolute atomic E-state index is 0.0532. The molecule has 1 unspecified atom stereocenters. The third kappa shape index (κ3) is 2.86. The van der Waals surface area contributed by atoms with E-state index < -0.39 is 5.41 Å². The Kier molecular flexibility index (Phi) is 4.41. The fraction of sp³-hybridized carbons (Fsp3) is 0.350. The van der Waals surface area contributed by atoms with Crippen molar-refractivity contribution in [1.29, 1.82) is 0 Å². The molecule has 0 radical (unpaired) electrons. The molecule has 1 atom stereocenters. The summed E-state index contributed by atoms with van der Waals surface area (Å²) < 4.78 is 1.91. The van der Waals surface area contributed by atoms with Gasteiger partial charge in [-0.2, -0.15) is 0 Å². The molecule has 134 valence electrons. The van der Waals surface area contributed by atoms with Crippen molar-refractivity contribution in [2.24, 2.45) is 0 Å². The number of carbonyl (C=O) groups excluding carboxylic acids is 1. The van der Waals surface area contributed by atoms with Crippen LogP contribution in [-0.2, 0) is 10.2 Å². The van der Waals surface area contributed by atoms with Crippen molar-refractivity contribution in [1.82, 2.24) is 19.9 Å². The minimum Gasteiger partial charge on any atom is -0.346 e. The van der Waals surface area contributed by atoms with Crippen LogP contribution in [0.1, 0.15) is 50.0 Å². The molecule has 1 aromatic carbocycles. The quantitative estimate of drug-likeness (QED) is 0.755. The van der Waals surface area contributed by atoms with E-state index in [1.54, 1.807) is 0 Å². The van der Waals surface area contributed by atoms with Gasteiger partial charge in [-0.25, -0.2) is 0 Å². The number of pyridine rings is 1. The zero-order valence-electron chi connectivity index (χ0n) is 14.7. The van der Waals surface area contributed by atoms with Gasteiger partial charge in [-0.15, -0.1) is 10.2 Å². The van der Waals surface area contributed by atoms with E-state index in [1.165, 1.54) is 0 Å². The zero-order chi connectivity index (χ0) is 18.1. The smallest absolute Gasteiger partial charge is 0.231 e. The van der Waals surface area contributed by atoms with Crippen LogP contribution >= 0.6 is 11.6 Å². The summed E-state index contributed by atoms with van der Waals surface area (Å²) in [5, 5.41) is 12.3. The molecule has 4 rings (SSSR count). The summed E-state index contributed by atoms with van der Waals surface area (Å²) in [6.07, 6.45) is 5.73. The van der Waals surface area contributed by atoms with E-state index in [0.717, 1.165) is 42.7 Å². The third-order valence-corrected chi connectivity index (χ3v) is 5.62. The lowest BCUT2D eigenvalue weighted by molar-refractivity contribution is -0.127. The molecule has 3 aromatic rings. The summed E-state index contributed by atoms with van der Waals surface area (Å²) in [5.41, 5.74) is 1.33. The molecular formula is C20H21ClN4O. The number of hydrogen-bond donors (Lipinski definition) is 1. The van der Waals surface area contributed by atoms with Gasteiger partial charge in [0.05, 0.1) is 11.5 Å². The monoisotopic (exact) mass is 368 g/mol. The van der Waals surface area contributed by atoms with Crippen LogP contribution in [0.4, 0.5) is 0 Å². The van der Waals surface area contributed by atoms with Crippen molar-refractivity contribution in [3.63, 3.8) is 0 Å². The Labute approximate surface area is 157 Å². The Bertz CT molecular complexity index is 928. The van der Waals surface area contributed by atoms with E-state index in [4.69, 9.17) is 11.6 Å². The molecule has 1 saturated carbocycles. The maximum Gasteiger partial charge on any atom is 0.231 e.